The number of aliphatic hydroxyl groups is 5. The summed E-state index contributed by atoms with van der Waals surface area (Å²) in [6.07, 6.45) is -1.40. The van der Waals surface area contributed by atoms with Gasteiger partial charge in [0.1, 0.15) is 24.9 Å². The van der Waals surface area contributed by atoms with Gasteiger partial charge in [0.15, 0.2) is 0 Å². The Morgan fingerprint density at radius 3 is 2.48 bits per heavy atom. The lowest BCUT2D eigenvalue weighted by Crippen LogP contribution is -2.48. The first-order chi connectivity index (χ1) is 19.3. The summed E-state index contributed by atoms with van der Waals surface area (Å²) in [4.78, 5) is 24.0. The Hall–Kier alpha value is -1.62. The van der Waals surface area contributed by atoms with Crippen LogP contribution < -0.4 is 16.0 Å². The lowest BCUT2D eigenvalue weighted by Gasteiger charge is -2.26. The van der Waals surface area contributed by atoms with Gasteiger partial charge in [-0.3, -0.25) is 9.59 Å². The number of nitrogens with one attached hydrogen (secondary N) is 3. The summed E-state index contributed by atoms with van der Waals surface area (Å²) < 4.78 is 10.7. The van der Waals surface area contributed by atoms with Crippen LogP contribution in [0.5, 0.6) is 0 Å². The molecule has 1 saturated heterocycles. The number of benzene rings is 1. The number of rotatable bonds is 21. The maximum atomic E-state index is 12.1. The molecule has 1 heterocycles. The number of anilines is 2. The molecule has 1 aromatic carbocycles. The van der Waals surface area contributed by atoms with Crippen molar-refractivity contribution in [1.82, 2.24) is 5.32 Å². The molecule has 0 aromatic heterocycles. The van der Waals surface area contributed by atoms with E-state index < -0.39 is 31.0 Å². The molecule has 0 radical (unpaired) electrons. The van der Waals surface area contributed by atoms with Gasteiger partial charge in [-0.2, -0.15) is 0 Å². The van der Waals surface area contributed by atoms with Crippen LogP contribution in [0, 0.1) is 0 Å². The Kier molecular flexibility index (Phi) is 17.5. The van der Waals surface area contributed by atoms with Gasteiger partial charge in [-0.25, -0.2) is 0 Å². The second-order valence-electron chi connectivity index (χ2n) is 9.40. The van der Waals surface area contributed by atoms with Gasteiger partial charge in [0, 0.05) is 41.9 Å². The normalized spacial score (nSPS) is 18.1. The van der Waals surface area contributed by atoms with Crippen LogP contribution in [0.15, 0.2) is 24.3 Å². The second-order valence-corrected chi connectivity index (χ2v) is 12.2. The van der Waals surface area contributed by atoms with Gasteiger partial charge in [0.25, 0.3) is 0 Å². The molecule has 40 heavy (non-hydrogen) atoms. The van der Waals surface area contributed by atoms with Crippen molar-refractivity contribution in [2.45, 2.75) is 61.8 Å². The zero-order valence-corrected chi connectivity index (χ0v) is 24.2. The third-order valence-electron chi connectivity index (χ3n) is 6.07. The summed E-state index contributed by atoms with van der Waals surface area (Å²) in [6, 6.07) is 6.63. The molecule has 228 valence electrons. The summed E-state index contributed by atoms with van der Waals surface area (Å²) in [5, 5.41) is 57.0. The van der Waals surface area contributed by atoms with E-state index in [0.29, 0.717) is 30.9 Å². The molecule has 1 aliphatic rings. The summed E-state index contributed by atoms with van der Waals surface area (Å²) in [7, 11) is 3.91. The van der Waals surface area contributed by atoms with Gasteiger partial charge in [0.05, 0.1) is 32.5 Å². The van der Waals surface area contributed by atoms with Crippen LogP contribution in [0.2, 0.25) is 0 Å². The van der Waals surface area contributed by atoms with E-state index in [1.54, 1.807) is 24.3 Å². The monoisotopic (exact) mass is 605 g/mol. The number of carbonyl (C=O) groups excluding carboxylic acids is 2. The zero-order chi connectivity index (χ0) is 29.2. The Bertz CT molecular complexity index is 864. The van der Waals surface area contributed by atoms with Crippen LogP contribution in [0.25, 0.3) is 0 Å². The number of unbranched alkanes of at least 4 members (excludes halogenated alkanes) is 1. The molecule has 1 aliphatic heterocycles. The first-order valence-electron chi connectivity index (χ1n) is 13.5. The number of carbonyl (C=O) groups is 2. The number of ether oxygens (including phenoxy) is 2. The van der Waals surface area contributed by atoms with Crippen LogP contribution in [0.3, 0.4) is 0 Å². The smallest absolute Gasteiger partial charge is 0.250 e. The predicted octanol–water partition coefficient (Wildman–Crippen LogP) is 0.336. The summed E-state index contributed by atoms with van der Waals surface area (Å²) in [5.74, 6) is 0.902. The van der Waals surface area contributed by atoms with Gasteiger partial charge in [-0.1, -0.05) is 34.1 Å². The zero-order valence-electron chi connectivity index (χ0n) is 22.6. The third kappa shape index (κ3) is 14.3. The van der Waals surface area contributed by atoms with Gasteiger partial charge in [-0.05, 0) is 37.5 Å². The van der Waals surface area contributed by atoms with Crippen molar-refractivity contribution in [2.75, 3.05) is 62.5 Å². The van der Waals surface area contributed by atoms with Crippen molar-refractivity contribution in [3.8, 4) is 0 Å². The molecular weight excluding hydrogens is 562 g/mol. The molecule has 0 spiro atoms. The van der Waals surface area contributed by atoms with E-state index in [1.807, 2.05) is 21.6 Å². The topological polar surface area (TPSA) is 190 Å². The lowest BCUT2D eigenvalue weighted by atomic mass is 10.0. The maximum absolute atomic E-state index is 12.1. The quantitative estimate of drug-likeness (QED) is 0.0710. The van der Waals surface area contributed by atoms with Crippen LogP contribution in [0.1, 0.15) is 32.1 Å². The van der Waals surface area contributed by atoms with E-state index in [-0.39, 0.29) is 38.2 Å². The SMILES string of the molecule is O=C(CCCCC1CCSS1)NCCOCCOCC(=O)Nc1cccc(NC[C@@H](O)C(O)[C@H](O)C(O)CO)c1. The molecule has 5 atom stereocenters. The highest BCUT2D eigenvalue weighted by atomic mass is 33.1. The van der Waals surface area contributed by atoms with Crippen LogP contribution in [-0.4, -0.2) is 119 Å². The highest BCUT2D eigenvalue weighted by Crippen LogP contribution is 2.39. The van der Waals surface area contributed by atoms with E-state index >= 15 is 0 Å². The van der Waals surface area contributed by atoms with E-state index in [0.717, 1.165) is 18.1 Å². The van der Waals surface area contributed by atoms with E-state index in [9.17, 15) is 30.0 Å². The van der Waals surface area contributed by atoms with Crippen molar-refractivity contribution in [3.63, 3.8) is 0 Å². The molecule has 2 rings (SSSR count). The van der Waals surface area contributed by atoms with Gasteiger partial charge >= 0.3 is 0 Å². The molecule has 12 nitrogen and oxygen atoms in total. The number of amides is 2. The largest absolute Gasteiger partial charge is 0.394 e. The Balaban J connectivity index is 1.50. The summed E-state index contributed by atoms with van der Waals surface area (Å²) in [5.41, 5.74) is 1.01. The van der Waals surface area contributed by atoms with Crippen molar-refractivity contribution in [2.24, 2.45) is 0 Å². The molecule has 1 fully saturated rings. The van der Waals surface area contributed by atoms with Gasteiger partial charge in [0.2, 0.25) is 11.8 Å². The number of hydrogen-bond acceptors (Lipinski definition) is 12. The number of aliphatic hydroxyl groups excluding tert-OH is 5. The van der Waals surface area contributed by atoms with Crippen LogP contribution >= 0.6 is 21.6 Å². The second kappa shape index (κ2) is 20.3. The third-order valence-corrected chi connectivity index (χ3v) is 9.07. The molecule has 14 heteroatoms. The minimum Gasteiger partial charge on any atom is -0.394 e. The summed E-state index contributed by atoms with van der Waals surface area (Å²) >= 11 is 0. The van der Waals surface area contributed by atoms with Crippen molar-refractivity contribution >= 4 is 44.8 Å². The minimum absolute atomic E-state index is 0.0368. The standard InChI is InChI=1S/C26H43N3O9S2/c30-16-22(32)26(36)25(35)21(31)15-28-18-4-3-5-19(14-18)29-24(34)17-38-12-11-37-10-9-27-23(33)7-2-1-6-20-8-13-39-40-20/h3-5,14,20-22,25-26,28,30-32,35-36H,1-2,6-13,15-17H2,(H,27,33)(H,29,34)/t20?,21-,22?,25?,26-/m1/s1. The predicted molar refractivity (Wildman–Crippen MR) is 156 cm³/mol. The average Bonchev–Trinajstić information content (AvgIpc) is 3.48. The highest BCUT2D eigenvalue weighted by Gasteiger charge is 2.29. The Labute approximate surface area is 243 Å². The Morgan fingerprint density at radius 2 is 1.73 bits per heavy atom. The fourth-order valence-electron chi connectivity index (χ4n) is 3.77. The molecule has 3 unspecified atom stereocenters. The van der Waals surface area contributed by atoms with E-state index in [2.05, 4.69) is 16.0 Å². The average molecular weight is 606 g/mol. The van der Waals surface area contributed by atoms with Crippen molar-refractivity contribution in [1.29, 1.82) is 0 Å². The summed E-state index contributed by atoms with van der Waals surface area (Å²) in [6.45, 7) is 0.223. The fourth-order valence-corrected chi connectivity index (χ4v) is 6.80. The molecule has 0 bridgehead atoms. The Morgan fingerprint density at radius 1 is 0.975 bits per heavy atom. The van der Waals surface area contributed by atoms with Gasteiger partial charge < -0.3 is 51.0 Å². The maximum Gasteiger partial charge on any atom is 0.250 e. The van der Waals surface area contributed by atoms with Gasteiger partial charge in [-0.15, -0.1) is 0 Å². The molecular formula is C26H43N3O9S2. The van der Waals surface area contributed by atoms with Crippen LogP contribution in [-0.2, 0) is 19.1 Å². The molecule has 0 saturated carbocycles. The first-order valence-corrected chi connectivity index (χ1v) is 15.9. The minimum atomic E-state index is -1.71. The molecule has 0 aliphatic carbocycles. The van der Waals surface area contributed by atoms with Crippen LogP contribution in [0.4, 0.5) is 11.4 Å². The van der Waals surface area contributed by atoms with E-state index in [4.69, 9.17) is 14.6 Å². The first kappa shape index (κ1) is 34.6. The number of hydrogen-bond donors (Lipinski definition) is 8. The lowest BCUT2D eigenvalue weighted by molar-refractivity contribution is -0.122. The molecule has 2 amide bonds. The fraction of sp³-hybridized carbons (Fsp3) is 0.692. The van der Waals surface area contributed by atoms with E-state index in [1.165, 1.54) is 18.6 Å². The highest BCUT2D eigenvalue weighted by molar-refractivity contribution is 8.77. The molecule has 8 N–H and O–H groups in total. The van der Waals surface area contributed by atoms with Crippen molar-refractivity contribution in [3.05, 3.63) is 24.3 Å². The van der Waals surface area contributed by atoms with Crippen molar-refractivity contribution < 1.29 is 44.6 Å². The molecule has 1 aromatic rings.